The van der Waals surface area contributed by atoms with Crippen LogP contribution < -0.4 is 5.32 Å². The summed E-state index contributed by atoms with van der Waals surface area (Å²) in [7, 11) is 2.04. The van der Waals surface area contributed by atoms with Gasteiger partial charge in [0.2, 0.25) is 0 Å². The number of quaternary nitrogens is 1. The van der Waals surface area contributed by atoms with Gasteiger partial charge in [-0.15, -0.1) is 0 Å². The van der Waals surface area contributed by atoms with Gasteiger partial charge in [-0.2, -0.15) is 0 Å². The van der Waals surface area contributed by atoms with Crippen molar-refractivity contribution in [1.29, 1.82) is 0 Å². The molecule has 3 nitrogen and oxygen atoms in total. The first-order valence-electron chi connectivity index (χ1n) is 5.11. The lowest BCUT2D eigenvalue weighted by Crippen LogP contribution is -2.77. The normalized spacial score (nSPS) is 10.5. The summed E-state index contributed by atoms with van der Waals surface area (Å²) in [4.78, 5) is 0. The second kappa shape index (κ2) is 4.28. The van der Waals surface area contributed by atoms with Gasteiger partial charge in [-0.1, -0.05) is 35.5 Å². The highest BCUT2D eigenvalue weighted by Gasteiger charge is 2.14. The largest absolute Gasteiger partial charge is 0.361 e. The molecule has 1 aromatic carbocycles. The van der Waals surface area contributed by atoms with Crippen LogP contribution in [0.15, 0.2) is 34.9 Å². The zero-order chi connectivity index (χ0) is 10.7. The molecule has 1 heterocycles. The van der Waals surface area contributed by atoms with Crippen LogP contribution in [0.2, 0.25) is 0 Å². The molecule has 0 bridgehead atoms. The Bertz CT molecular complexity index is 434. The van der Waals surface area contributed by atoms with Gasteiger partial charge in [-0.3, -0.25) is 0 Å². The summed E-state index contributed by atoms with van der Waals surface area (Å²) in [6.07, 6.45) is 0. The number of benzene rings is 1. The average molecular weight is 203 g/mol. The molecular formula is C12H15N2O+. The molecule has 0 unspecified atom stereocenters. The van der Waals surface area contributed by atoms with E-state index in [9.17, 15) is 0 Å². The molecule has 78 valence electrons. The van der Waals surface area contributed by atoms with Crippen LogP contribution in [0, 0.1) is 6.92 Å². The topological polar surface area (TPSA) is 42.6 Å². The third kappa shape index (κ3) is 1.92. The third-order valence-corrected chi connectivity index (χ3v) is 2.44. The van der Waals surface area contributed by atoms with Gasteiger partial charge in [0.05, 0.1) is 12.6 Å². The Hall–Kier alpha value is -1.61. The maximum Gasteiger partial charge on any atom is 0.143 e. The molecule has 0 saturated carbocycles. The van der Waals surface area contributed by atoms with Crippen molar-refractivity contribution in [1.82, 2.24) is 5.16 Å². The minimum atomic E-state index is 0.902. The Balaban J connectivity index is 2.44. The van der Waals surface area contributed by atoms with E-state index in [0.717, 1.165) is 23.6 Å². The number of rotatable bonds is 3. The molecule has 0 amide bonds. The van der Waals surface area contributed by atoms with Crippen molar-refractivity contribution < 1.29 is 9.84 Å². The minimum absolute atomic E-state index is 0.902. The molecule has 0 fully saturated rings. The van der Waals surface area contributed by atoms with Crippen LogP contribution in [0.3, 0.4) is 0 Å². The fraction of sp³-hybridized carbons (Fsp3) is 0.250. The first-order chi connectivity index (χ1) is 7.33. The number of aryl methyl sites for hydroxylation is 1. The second-order valence-electron chi connectivity index (χ2n) is 3.54. The molecule has 0 aliphatic heterocycles. The fourth-order valence-electron chi connectivity index (χ4n) is 1.66. The Morgan fingerprint density at radius 2 is 2.00 bits per heavy atom. The van der Waals surface area contributed by atoms with Gasteiger partial charge in [-0.05, 0) is 6.92 Å². The average Bonchev–Trinajstić information content (AvgIpc) is 2.63. The molecular weight excluding hydrogens is 188 g/mol. The molecule has 2 rings (SSSR count). The quantitative estimate of drug-likeness (QED) is 0.818. The van der Waals surface area contributed by atoms with Gasteiger partial charge in [-0.25, -0.2) is 0 Å². The van der Waals surface area contributed by atoms with E-state index in [2.05, 4.69) is 22.6 Å². The van der Waals surface area contributed by atoms with Crippen LogP contribution in [-0.2, 0) is 6.54 Å². The molecule has 1 aromatic heterocycles. The van der Waals surface area contributed by atoms with E-state index in [1.165, 1.54) is 5.56 Å². The zero-order valence-electron chi connectivity index (χ0n) is 9.03. The third-order valence-electron chi connectivity index (χ3n) is 2.44. The number of hydrogen-bond donors (Lipinski definition) is 1. The van der Waals surface area contributed by atoms with Crippen LogP contribution in [0.4, 0.5) is 0 Å². The molecule has 0 atom stereocenters. The van der Waals surface area contributed by atoms with Gasteiger partial charge in [0.25, 0.3) is 0 Å². The summed E-state index contributed by atoms with van der Waals surface area (Å²) in [6.45, 7) is 2.86. The highest BCUT2D eigenvalue weighted by atomic mass is 16.5. The summed E-state index contributed by atoms with van der Waals surface area (Å²) in [5, 5.41) is 6.23. The number of nitrogens with two attached hydrogens (primary N) is 1. The highest BCUT2D eigenvalue weighted by molar-refractivity contribution is 5.62. The van der Waals surface area contributed by atoms with E-state index in [1.54, 1.807) is 0 Å². The smallest absolute Gasteiger partial charge is 0.143 e. The predicted molar refractivity (Wildman–Crippen MR) is 58.2 cm³/mol. The van der Waals surface area contributed by atoms with Crippen molar-refractivity contribution >= 4 is 0 Å². The van der Waals surface area contributed by atoms with E-state index >= 15 is 0 Å². The molecule has 0 aliphatic carbocycles. The van der Waals surface area contributed by atoms with E-state index < -0.39 is 0 Å². The highest BCUT2D eigenvalue weighted by Crippen LogP contribution is 2.23. The van der Waals surface area contributed by atoms with Crippen LogP contribution in [0.5, 0.6) is 0 Å². The number of nitrogens with zero attached hydrogens (tertiary/aromatic N) is 1. The van der Waals surface area contributed by atoms with E-state index in [4.69, 9.17) is 4.52 Å². The van der Waals surface area contributed by atoms with Crippen molar-refractivity contribution in [2.45, 2.75) is 13.5 Å². The van der Waals surface area contributed by atoms with Crippen molar-refractivity contribution in [2.75, 3.05) is 7.05 Å². The fourth-order valence-corrected chi connectivity index (χ4v) is 1.66. The van der Waals surface area contributed by atoms with E-state index in [1.807, 2.05) is 32.2 Å². The Labute approximate surface area is 89.1 Å². The molecule has 0 saturated heterocycles. The van der Waals surface area contributed by atoms with Crippen LogP contribution in [0.25, 0.3) is 11.3 Å². The molecule has 0 aliphatic rings. The summed E-state index contributed by atoms with van der Waals surface area (Å²) in [6, 6.07) is 10.1. The molecule has 15 heavy (non-hydrogen) atoms. The maximum absolute atomic E-state index is 5.23. The summed E-state index contributed by atoms with van der Waals surface area (Å²) >= 11 is 0. The molecule has 2 aromatic rings. The van der Waals surface area contributed by atoms with Crippen molar-refractivity contribution in [3.05, 3.63) is 41.7 Å². The zero-order valence-corrected chi connectivity index (χ0v) is 9.03. The molecule has 3 heteroatoms. The lowest BCUT2D eigenvalue weighted by molar-refractivity contribution is -0.643. The minimum Gasteiger partial charge on any atom is -0.361 e. The second-order valence-corrected chi connectivity index (χ2v) is 3.54. The standard InChI is InChI=1S/C12H14N2O/c1-9-11(8-13-2)12(14-15-9)10-6-4-3-5-7-10/h3-7,13H,8H2,1-2H3/p+1. The molecule has 0 spiro atoms. The Morgan fingerprint density at radius 1 is 1.27 bits per heavy atom. The van der Waals surface area contributed by atoms with Gasteiger partial charge in [0.15, 0.2) is 0 Å². The van der Waals surface area contributed by atoms with Crippen LogP contribution in [0.1, 0.15) is 11.3 Å². The first kappa shape index (κ1) is 9.93. The van der Waals surface area contributed by atoms with E-state index in [-0.39, 0.29) is 0 Å². The number of aromatic nitrogens is 1. The van der Waals surface area contributed by atoms with Gasteiger partial charge in [0, 0.05) is 5.56 Å². The monoisotopic (exact) mass is 203 g/mol. The van der Waals surface area contributed by atoms with Crippen molar-refractivity contribution in [2.24, 2.45) is 0 Å². The molecule has 0 radical (unpaired) electrons. The first-order valence-corrected chi connectivity index (χ1v) is 5.11. The van der Waals surface area contributed by atoms with Crippen LogP contribution >= 0.6 is 0 Å². The Morgan fingerprint density at radius 3 is 2.67 bits per heavy atom. The van der Waals surface area contributed by atoms with Gasteiger partial charge in [0.1, 0.15) is 18.0 Å². The van der Waals surface area contributed by atoms with Crippen molar-refractivity contribution in [3.8, 4) is 11.3 Å². The van der Waals surface area contributed by atoms with Gasteiger partial charge >= 0.3 is 0 Å². The molecule has 2 N–H and O–H groups in total. The van der Waals surface area contributed by atoms with Crippen LogP contribution in [-0.4, -0.2) is 12.2 Å². The lowest BCUT2D eigenvalue weighted by atomic mass is 10.1. The van der Waals surface area contributed by atoms with Gasteiger partial charge < -0.3 is 9.84 Å². The Kier molecular flexibility index (Phi) is 2.83. The lowest BCUT2D eigenvalue weighted by Gasteiger charge is -1.99. The summed E-state index contributed by atoms with van der Waals surface area (Å²) in [5.74, 6) is 0.909. The predicted octanol–water partition coefficient (Wildman–Crippen LogP) is 1.34. The SMILES string of the molecule is C[NH2+]Cc1c(-c2ccccc2)noc1C. The maximum atomic E-state index is 5.23. The summed E-state index contributed by atoms with van der Waals surface area (Å²) < 4.78 is 5.23. The summed E-state index contributed by atoms with van der Waals surface area (Å²) in [5.41, 5.74) is 3.26. The van der Waals surface area contributed by atoms with E-state index in [0.29, 0.717) is 0 Å². The number of hydrogen-bond acceptors (Lipinski definition) is 2. The van der Waals surface area contributed by atoms with Crippen molar-refractivity contribution in [3.63, 3.8) is 0 Å².